The van der Waals surface area contributed by atoms with Crippen molar-refractivity contribution in [1.82, 2.24) is 0 Å². The van der Waals surface area contributed by atoms with Gasteiger partial charge in [-0.1, -0.05) is 12.1 Å². The number of hydrogen-bond acceptors (Lipinski definition) is 6. The Balaban J connectivity index is 2.03. The molecule has 0 fully saturated rings. The average Bonchev–Trinajstić information content (AvgIpc) is 2.83. The van der Waals surface area contributed by atoms with Gasteiger partial charge >= 0.3 is 0 Å². The molecule has 1 heterocycles. The zero-order valence-electron chi connectivity index (χ0n) is 11.5. The SMILES string of the molecule is O=C1Nc2ccc([N+](=O)[O-])cc2C1=Nc1ccc(C(=O)[O-])cc1. The van der Waals surface area contributed by atoms with E-state index >= 15 is 0 Å². The van der Waals surface area contributed by atoms with Gasteiger partial charge in [0.2, 0.25) is 0 Å². The molecule has 1 aliphatic rings. The minimum absolute atomic E-state index is 0.0131. The highest BCUT2D eigenvalue weighted by molar-refractivity contribution is 6.54. The van der Waals surface area contributed by atoms with E-state index in [-0.39, 0.29) is 17.0 Å². The van der Waals surface area contributed by atoms with E-state index in [1.165, 1.54) is 42.5 Å². The first-order valence-electron chi connectivity index (χ1n) is 6.46. The molecule has 114 valence electrons. The van der Waals surface area contributed by atoms with Crippen molar-refractivity contribution in [3.63, 3.8) is 0 Å². The van der Waals surface area contributed by atoms with E-state index in [4.69, 9.17) is 0 Å². The highest BCUT2D eigenvalue weighted by Gasteiger charge is 2.28. The summed E-state index contributed by atoms with van der Waals surface area (Å²) in [7, 11) is 0. The molecule has 1 N–H and O–H groups in total. The van der Waals surface area contributed by atoms with Crippen molar-refractivity contribution >= 4 is 34.7 Å². The van der Waals surface area contributed by atoms with Gasteiger partial charge in [-0.3, -0.25) is 14.9 Å². The summed E-state index contributed by atoms with van der Waals surface area (Å²) in [6.07, 6.45) is 0. The lowest BCUT2D eigenvalue weighted by Gasteiger charge is -2.02. The van der Waals surface area contributed by atoms with Crippen molar-refractivity contribution in [2.75, 3.05) is 5.32 Å². The minimum Gasteiger partial charge on any atom is -0.545 e. The number of rotatable bonds is 3. The van der Waals surface area contributed by atoms with E-state index in [0.717, 1.165) is 0 Å². The number of nitro groups is 1. The van der Waals surface area contributed by atoms with Gasteiger partial charge in [0, 0.05) is 17.7 Å². The van der Waals surface area contributed by atoms with Crippen LogP contribution >= 0.6 is 0 Å². The van der Waals surface area contributed by atoms with Gasteiger partial charge in [-0.2, -0.15) is 0 Å². The number of carboxylic acid groups (broad SMARTS) is 1. The molecule has 0 atom stereocenters. The molecule has 8 nitrogen and oxygen atoms in total. The number of anilines is 1. The number of hydrogen-bond donors (Lipinski definition) is 1. The number of non-ortho nitro benzene ring substituents is 1. The maximum Gasteiger partial charge on any atom is 0.275 e. The van der Waals surface area contributed by atoms with Crippen LogP contribution in [0.3, 0.4) is 0 Å². The predicted molar refractivity (Wildman–Crippen MR) is 78.7 cm³/mol. The third-order valence-electron chi connectivity index (χ3n) is 3.28. The van der Waals surface area contributed by atoms with Crippen LogP contribution in [0.1, 0.15) is 15.9 Å². The molecule has 0 aromatic heterocycles. The summed E-state index contributed by atoms with van der Waals surface area (Å²) in [4.78, 5) is 37.1. The number of nitro benzene ring substituents is 1. The number of carboxylic acids is 1. The topological polar surface area (TPSA) is 125 Å². The number of fused-ring (bicyclic) bond motifs is 1. The Bertz CT molecular complexity index is 871. The van der Waals surface area contributed by atoms with Crippen LogP contribution in [0.5, 0.6) is 0 Å². The van der Waals surface area contributed by atoms with E-state index in [1.807, 2.05) is 0 Å². The molecule has 0 saturated carbocycles. The van der Waals surface area contributed by atoms with Crippen LogP contribution in [0.4, 0.5) is 17.1 Å². The van der Waals surface area contributed by atoms with Crippen molar-refractivity contribution in [3.8, 4) is 0 Å². The van der Waals surface area contributed by atoms with Crippen LogP contribution in [-0.4, -0.2) is 22.5 Å². The molecular weight excluding hydrogens is 302 g/mol. The first-order valence-corrected chi connectivity index (χ1v) is 6.46. The van der Waals surface area contributed by atoms with Crippen molar-refractivity contribution in [2.24, 2.45) is 4.99 Å². The molecule has 2 aromatic carbocycles. The van der Waals surface area contributed by atoms with E-state index in [2.05, 4.69) is 10.3 Å². The van der Waals surface area contributed by atoms with Gasteiger partial charge in [0.05, 0.1) is 22.3 Å². The van der Waals surface area contributed by atoms with E-state index < -0.39 is 16.8 Å². The molecule has 3 rings (SSSR count). The standard InChI is InChI=1S/C15H9N3O5/c19-14-13(16-9-3-1-8(2-4-9)15(20)21)11-7-10(18(22)23)5-6-12(11)17-14/h1-7H,(H,20,21)(H,16,17,19)/p-1. The van der Waals surface area contributed by atoms with Crippen molar-refractivity contribution in [2.45, 2.75) is 0 Å². The Morgan fingerprint density at radius 3 is 2.43 bits per heavy atom. The van der Waals surface area contributed by atoms with Gasteiger partial charge < -0.3 is 15.2 Å². The van der Waals surface area contributed by atoms with Crippen molar-refractivity contribution in [3.05, 3.63) is 63.7 Å². The van der Waals surface area contributed by atoms with E-state index in [1.54, 1.807) is 0 Å². The van der Waals surface area contributed by atoms with Crippen LogP contribution in [-0.2, 0) is 4.79 Å². The molecule has 0 unspecified atom stereocenters. The molecule has 23 heavy (non-hydrogen) atoms. The molecule has 2 aromatic rings. The fraction of sp³-hybridized carbons (Fsp3) is 0. The van der Waals surface area contributed by atoms with Crippen LogP contribution in [0, 0.1) is 10.1 Å². The number of aromatic carboxylic acids is 1. The highest BCUT2D eigenvalue weighted by Crippen LogP contribution is 2.29. The first kappa shape index (κ1) is 14.4. The lowest BCUT2D eigenvalue weighted by atomic mass is 10.1. The Hall–Kier alpha value is -3.55. The number of aliphatic imine (C=N–C) groups is 1. The lowest BCUT2D eigenvalue weighted by molar-refractivity contribution is -0.384. The molecule has 0 spiro atoms. The Labute approximate surface area is 129 Å². The first-order chi connectivity index (χ1) is 11.0. The third-order valence-corrected chi connectivity index (χ3v) is 3.28. The molecule has 1 amide bonds. The number of nitrogens with zero attached hydrogens (tertiary/aromatic N) is 2. The number of carbonyl (C=O) groups excluding carboxylic acids is 2. The lowest BCUT2D eigenvalue weighted by Crippen LogP contribution is -2.21. The summed E-state index contributed by atoms with van der Waals surface area (Å²) in [5.74, 6) is -1.80. The third kappa shape index (κ3) is 2.64. The largest absolute Gasteiger partial charge is 0.545 e. The normalized spacial score (nSPS) is 14.4. The quantitative estimate of drug-likeness (QED) is 0.669. The molecule has 0 aliphatic carbocycles. The van der Waals surface area contributed by atoms with Gasteiger partial charge in [0.15, 0.2) is 0 Å². The molecule has 8 heteroatoms. The summed E-state index contributed by atoms with van der Waals surface area (Å²) in [5, 5.41) is 24.1. The smallest absolute Gasteiger partial charge is 0.275 e. The van der Waals surface area contributed by atoms with Crippen LogP contribution < -0.4 is 10.4 Å². The van der Waals surface area contributed by atoms with Gasteiger partial charge in [-0.25, -0.2) is 4.99 Å². The van der Waals surface area contributed by atoms with E-state index in [0.29, 0.717) is 16.9 Å². The summed E-state index contributed by atoms with van der Waals surface area (Å²) in [6, 6.07) is 9.43. The van der Waals surface area contributed by atoms with Gasteiger partial charge in [0.1, 0.15) is 5.71 Å². The number of nitrogens with one attached hydrogen (secondary N) is 1. The summed E-state index contributed by atoms with van der Waals surface area (Å²) in [6.45, 7) is 0. The molecular formula is C15H8N3O5-. The van der Waals surface area contributed by atoms with Crippen LogP contribution in [0.15, 0.2) is 47.5 Å². The maximum atomic E-state index is 12.0. The Kier molecular flexibility index (Phi) is 3.34. The monoisotopic (exact) mass is 310 g/mol. The highest BCUT2D eigenvalue weighted by atomic mass is 16.6. The molecule has 0 radical (unpaired) electrons. The van der Waals surface area contributed by atoms with Gasteiger partial charge in [0.25, 0.3) is 11.6 Å². The zero-order chi connectivity index (χ0) is 16.6. The average molecular weight is 310 g/mol. The summed E-state index contributed by atoms with van der Waals surface area (Å²) >= 11 is 0. The summed E-state index contributed by atoms with van der Waals surface area (Å²) in [5.41, 5.74) is 0.976. The number of amides is 1. The zero-order valence-corrected chi connectivity index (χ0v) is 11.5. The fourth-order valence-corrected chi connectivity index (χ4v) is 2.17. The molecule has 0 bridgehead atoms. The van der Waals surface area contributed by atoms with E-state index in [9.17, 15) is 24.8 Å². The van der Waals surface area contributed by atoms with Crippen molar-refractivity contribution in [1.29, 1.82) is 0 Å². The summed E-state index contributed by atoms with van der Waals surface area (Å²) < 4.78 is 0. The van der Waals surface area contributed by atoms with Crippen LogP contribution in [0.25, 0.3) is 0 Å². The fourth-order valence-electron chi connectivity index (χ4n) is 2.17. The second-order valence-corrected chi connectivity index (χ2v) is 4.74. The van der Waals surface area contributed by atoms with Gasteiger partial charge in [-0.15, -0.1) is 0 Å². The second-order valence-electron chi connectivity index (χ2n) is 4.74. The maximum absolute atomic E-state index is 12.0. The number of carbonyl (C=O) groups is 2. The van der Waals surface area contributed by atoms with Crippen LogP contribution in [0.2, 0.25) is 0 Å². The minimum atomic E-state index is -1.32. The second kappa shape index (κ2) is 5.34. The molecule has 1 aliphatic heterocycles. The Morgan fingerprint density at radius 2 is 1.83 bits per heavy atom. The van der Waals surface area contributed by atoms with Crippen molar-refractivity contribution < 1.29 is 19.6 Å². The Morgan fingerprint density at radius 1 is 1.13 bits per heavy atom. The van der Waals surface area contributed by atoms with Gasteiger partial charge in [-0.05, 0) is 23.8 Å². The number of benzene rings is 2. The predicted octanol–water partition coefficient (Wildman–Crippen LogP) is 1.03. The molecule has 0 saturated heterocycles.